The molecule has 0 aliphatic carbocycles. The SMILES string of the molecule is O=C(COC(=O)COc1ccc(Br)cc1)Nc1ccccc1Cl. The largest absolute Gasteiger partial charge is 0.482 e. The minimum absolute atomic E-state index is 0.277. The Morgan fingerprint density at radius 3 is 2.43 bits per heavy atom. The Kier molecular flexibility index (Phi) is 6.43. The van der Waals surface area contributed by atoms with Crippen molar-refractivity contribution in [1.29, 1.82) is 0 Å². The normalized spacial score (nSPS) is 10.0. The molecule has 0 atom stereocenters. The smallest absolute Gasteiger partial charge is 0.344 e. The molecule has 0 aliphatic rings. The summed E-state index contributed by atoms with van der Waals surface area (Å²) >= 11 is 9.21. The van der Waals surface area contributed by atoms with Crippen LogP contribution >= 0.6 is 27.5 Å². The molecule has 0 heterocycles. The van der Waals surface area contributed by atoms with E-state index in [9.17, 15) is 9.59 Å². The van der Waals surface area contributed by atoms with Gasteiger partial charge in [0.15, 0.2) is 13.2 Å². The molecule has 0 saturated carbocycles. The predicted octanol–water partition coefficient (Wildman–Crippen LogP) is 3.66. The number of hydrogen-bond acceptors (Lipinski definition) is 4. The molecule has 0 spiro atoms. The van der Waals surface area contributed by atoms with Gasteiger partial charge in [-0.05, 0) is 36.4 Å². The van der Waals surface area contributed by atoms with Gasteiger partial charge in [0.05, 0.1) is 10.7 Å². The van der Waals surface area contributed by atoms with E-state index >= 15 is 0 Å². The van der Waals surface area contributed by atoms with Gasteiger partial charge in [0, 0.05) is 4.47 Å². The Hall–Kier alpha value is -2.05. The van der Waals surface area contributed by atoms with E-state index in [1.54, 1.807) is 48.5 Å². The van der Waals surface area contributed by atoms with Crippen LogP contribution in [0.15, 0.2) is 53.0 Å². The van der Waals surface area contributed by atoms with Gasteiger partial charge in [0.25, 0.3) is 5.91 Å². The fraction of sp³-hybridized carbons (Fsp3) is 0.125. The first kappa shape index (κ1) is 17.3. The predicted molar refractivity (Wildman–Crippen MR) is 90.7 cm³/mol. The summed E-state index contributed by atoms with van der Waals surface area (Å²) in [7, 11) is 0. The van der Waals surface area contributed by atoms with E-state index in [0.29, 0.717) is 16.5 Å². The molecule has 7 heteroatoms. The van der Waals surface area contributed by atoms with E-state index in [1.807, 2.05) is 0 Å². The number of nitrogens with one attached hydrogen (secondary N) is 1. The number of hydrogen-bond donors (Lipinski definition) is 1. The third-order valence-corrected chi connectivity index (χ3v) is 3.54. The average molecular weight is 399 g/mol. The van der Waals surface area contributed by atoms with Crippen LogP contribution in [0.5, 0.6) is 5.75 Å². The molecule has 0 radical (unpaired) electrons. The van der Waals surface area contributed by atoms with Crippen molar-refractivity contribution in [2.24, 2.45) is 0 Å². The van der Waals surface area contributed by atoms with Crippen LogP contribution in [0, 0.1) is 0 Å². The van der Waals surface area contributed by atoms with Crippen molar-refractivity contribution in [2.75, 3.05) is 18.5 Å². The lowest BCUT2D eigenvalue weighted by molar-refractivity contribution is -0.149. The Morgan fingerprint density at radius 1 is 1.04 bits per heavy atom. The summed E-state index contributed by atoms with van der Waals surface area (Å²) in [5.74, 6) is -0.581. The zero-order valence-corrected chi connectivity index (χ0v) is 14.3. The van der Waals surface area contributed by atoms with Gasteiger partial charge in [-0.3, -0.25) is 4.79 Å². The van der Waals surface area contributed by atoms with Gasteiger partial charge in [0.1, 0.15) is 5.75 Å². The molecular formula is C16H13BrClNO4. The van der Waals surface area contributed by atoms with Gasteiger partial charge in [-0.25, -0.2) is 4.79 Å². The number of rotatable bonds is 6. The number of carbonyl (C=O) groups is 2. The molecule has 120 valence electrons. The van der Waals surface area contributed by atoms with Gasteiger partial charge < -0.3 is 14.8 Å². The fourth-order valence-corrected chi connectivity index (χ4v) is 2.06. The quantitative estimate of drug-likeness (QED) is 0.754. The number of carbonyl (C=O) groups excluding carboxylic acids is 2. The van der Waals surface area contributed by atoms with Crippen LogP contribution in [0.4, 0.5) is 5.69 Å². The molecule has 0 aromatic heterocycles. The molecule has 5 nitrogen and oxygen atoms in total. The standard InChI is InChI=1S/C16H13BrClNO4/c17-11-5-7-12(8-6-11)22-10-16(21)23-9-15(20)19-14-4-2-1-3-13(14)18/h1-8H,9-10H2,(H,19,20). The van der Waals surface area contributed by atoms with Gasteiger partial charge in [-0.15, -0.1) is 0 Å². The number of amides is 1. The van der Waals surface area contributed by atoms with Gasteiger partial charge >= 0.3 is 5.97 Å². The molecule has 0 unspecified atom stereocenters. The topological polar surface area (TPSA) is 64.6 Å². The number of halogens is 2. The summed E-state index contributed by atoms with van der Waals surface area (Å²) in [6.07, 6.45) is 0. The van der Waals surface area contributed by atoms with Crippen molar-refractivity contribution in [3.05, 3.63) is 58.0 Å². The monoisotopic (exact) mass is 397 g/mol. The third-order valence-electron chi connectivity index (χ3n) is 2.68. The zero-order valence-electron chi connectivity index (χ0n) is 11.9. The van der Waals surface area contributed by atoms with Crippen molar-refractivity contribution >= 4 is 45.1 Å². The molecule has 23 heavy (non-hydrogen) atoms. The van der Waals surface area contributed by atoms with Gasteiger partial charge in [-0.1, -0.05) is 39.7 Å². The second-order valence-electron chi connectivity index (χ2n) is 4.43. The third kappa shape index (κ3) is 5.92. The molecule has 0 aliphatic heterocycles. The lowest BCUT2D eigenvalue weighted by atomic mass is 10.3. The molecule has 2 aromatic carbocycles. The van der Waals surface area contributed by atoms with Crippen molar-refractivity contribution in [3.8, 4) is 5.75 Å². The molecule has 1 N–H and O–H groups in total. The summed E-state index contributed by atoms with van der Waals surface area (Å²) in [4.78, 5) is 23.2. The number of ether oxygens (including phenoxy) is 2. The van der Waals surface area contributed by atoms with Crippen LogP contribution in [-0.4, -0.2) is 25.1 Å². The van der Waals surface area contributed by atoms with Crippen LogP contribution in [0.1, 0.15) is 0 Å². The Morgan fingerprint density at radius 2 is 1.74 bits per heavy atom. The Bertz CT molecular complexity index is 691. The van der Waals surface area contributed by atoms with Crippen LogP contribution in [0.3, 0.4) is 0 Å². The fourth-order valence-electron chi connectivity index (χ4n) is 1.61. The van der Waals surface area contributed by atoms with E-state index in [4.69, 9.17) is 21.1 Å². The zero-order chi connectivity index (χ0) is 16.7. The van der Waals surface area contributed by atoms with Crippen LogP contribution in [-0.2, 0) is 14.3 Å². The first-order valence-corrected chi connectivity index (χ1v) is 7.80. The number of anilines is 1. The van der Waals surface area contributed by atoms with Gasteiger partial charge in [0.2, 0.25) is 0 Å². The summed E-state index contributed by atoms with van der Waals surface area (Å²) in [5.41, 5.74) is 0.460. The van der Waals surface area contributed by atoms with Crippen molar-refractivity contribution in [1.82, 2.24) is 0 Å². The summed E-state index contributed by atoms with van der Waals surface area (Å²) < 4.78 is 11.0. The lowest BCUT2D eigenvalue weighted by Crippen LogP contribution is -2.23. The molecule has 2 rings (SSSR count). The Labute approximate surface area is 146 Å². The highest BCUT2D eigenvalue weighted by Crippen LogP contribution is 2.20. The summed E-state index contributed by atoms with van der Waals surface area (Å²) in [6.45, 7) is -0.686. The van der Waals surface area contributed by atoms with Crippen LogP contribution < -0.4 is 10.1 Å². The maximum Gasteiger partial charge on any atom is 0.344 e. The maximum atomic E-state index is 11.7. The first-order chi connectivity index (χ1) is 11.0. The number of esters is 1. The van der Waals surface area contributed by atoms with Crippen molar-refractivity contribution < 1.29 is 19.1 Å². The second kappa shape index (κ2) is 8.55. The minimum atomic E-state index is -0.637. The first-order valence-electron chi connectivity index (χ1n) is 6.63. The molecule has 0 saturated heterocycles. The number of benzene rings is 2. The average Bonchev–Trinajstić information content (AvgIpc) is 2.54. The van der Waals surface area contributed by atoms with Crippen LogP contribution in [0.25, 0.3) is 0 Å². The van der Waals surface area contributed by atoms with E-state index in [2.05, 4.69) is 21.2 Å². The minimum Gasteiger partial charge on any atom is -0.482 e. The van der Waals surface area contributed by atoms with Gasteiger partial charge in [-0.2, -0.15) is 0 Å². The molecular weight excluding hydrogens is 386 g/mol. The van der Waals surface area contributed by atoms with Crippen molar-refractivity contribution in [3.63, 3.8) is 0 Å². The molecule has 2 aromatic rings. The Balaban J connectivity index is 1.72. The molecule has 0 fully saturated rings. The highest BCUT2D eigenvalue weighted by molar-refractivity contribution is 9.10. The molecule has 0 bridgehead atoms. The van der Waals surface area contributed by atoms with Crippen LogP contribution in [0.2, 0.25) is 5.02 Å². The lowest BCUT2D eigenvalue weighted by Gasteiger charge is -2.08. The highest BCUT2D eigenvalue weighted by atomic mass is 79.9. The maximum absolute atomic E-state index is 11.7. The number of para-hydroxylation sites is 1. The van der Waals surface area contributed by atoms with E-state index in [-0.39, 0.29) is 6.61 Å². The second-order valence-corrected chi connectivity index (χ2v) is 5.75. The van der Waals surface area contributed by atoms with E-state index < -0.39 is 18.5 Å². The van der Waals surface area contributed by atoms with E-state index in [1.165, 1.54) is 0 Å². The van der Waals surface area contributed by atoms with E-state index in [0.717, 1.165) is 4.47 Å². The summed E-state index contributed by atoms with van der Waals surface area (Å²) in [5, 5.41) is 2.96. The highest BCUT2D eigenvalue weighted by Gasteiger charge is 2.10. The molecule has 1 amide bonds. The summed E-state index contributed by atoms with van der Waals surface area (Å²) in [6, 6.07) is 13.8. The van der Waals surface area contributed by atoms with Crippen molar-refractivity contribution in [2.45, 2.75) is 0 Å².